The fraction of sp³-hybridized carbons (Fsp3) is 0.733. The highest BCUT2D eigenvalue weighted by Crippen LogP contribution is 2.43. The Morgan fingerprint density at radius 1 is 1.56 bits per heavy atom. The van der Waals surface area contributed by atoms with Gasteiger partial charge in [-0.2, -0.15) is 0 Å². The van der Waals surface area contributed by atoms with Crippen LogP contribution in [-0.4, -0.2) is 11.7 Å². The summed E-state index contributed by atoms with van der Waals surface area (Å²) in [6.45, 7) is 11.3. The van der Waals surface area contributed by atoms with Crippen molar-refractivity contribution in [3.8, 4) is 0 Å². The molecule has 1 fully saturated rings. The number of hydrogen-bond acceptors (Lipinski definition) is 1. The topological polar surface area (TPSA) is 20.2 Å². The van der Waals surface area contributed by atoms with Crippen LogP contribution in [0.5, 0.6) is 0 Å². The summed E-state index contributed by atoms with van der Waals surface area (Å²) >= 11 is 0. The van der Waals surface area contributed by atoms with Crippen molar-refractivity contribution in [1.29, 1.82) is 0 Å². The maximum Gasteiger partial charge on any atom is 0.0436 e. The lowest BCUT2D eigenvalue weighted by Crippen LogP contribution is -2.28. The van der Waals surface area contributed by atoms with E-state index in [0.717, 1.165) is 6.42 Å². The first-order chi connectivity index (χ1) is 7.47. The lowest BCUT2D eigenvalue weighted by atomic mass is 9.66. The minimum atomic E-state index is 0.278. The normalized spacial score (nSPS) is 27.2. The van der Waals surface area contributed by atoms with Crippen LogP contribution in [0.25, 0.3) is 0 Å². The van der Waals surface area contributed by atoms with Crippen molar-refractivity contribution in [3.05, 3.63) is 24.3 Å². The van der Waals surface area contributed by atoms with Crippen molar-refractivity contribution in [1.82, 2.24) is 0 Å². The molecule has 0 aliphatic heterocycles. The SMILES string of the molecule is C=C1CCCC(C)(C)[C@H]1/C=C/[C@H](C)CCO. The maximum atomic E-state index is 8.88. The van der Waals surface area contributed by atoms with Crippen LogP contribution >= 0.6 is 0 Å². The average molecular weight is 222 g/mol. The molecular weight excluding hydrogens is 196 g/mol. The lowest BCUT2D eigenvalue weighted by Gasteiger charge is -2.38. The summed E-state index contributed by atoms with van der Waals surface area (Å²) in [7, 11) is 0. The van der Waals surface area contributed by atoms with Gasteiger partial charge in [-0.1, -0.05) is 45.1 Å². The van der Waals surface area contributed by atoms with Crippen LogP contribution in [0.4, 0.5) is 0 Å². The van der Waals surface area contributed by atoms with Crippen molar-refractivity contribution in [2.24, 2.45) is 17.3 Å². The van der Waals surface area contributed by atoms with E-state index in [-0.39, 0.29) is 6.61 Å². The molecule has 0 amide bonds. The van der Waals surface area contributed by atoms with Gasteiger partial charge in [0, 0.05) is 12.5 Å². The van der Waals surface area contributed by atoms with Crippen molar-refractivity contribution < 1.29 is 5.11 Å². The van der Waals surface area contributed by atoms with E-state index < -0.39 is 0 Å². The molecule has 92 valence electrons. The molecule has 1 N–H and O–H groups in total. The van der Waals surface area contributed by atoms with E-state index in [0.29, 0.717) is 17.3 Å². The largest absolute Gasteiger partial charge is 0.396 e. The minimum absolute atomic E-state index is 0.278. The molecule has 0 aromatic heterocycles. The standard InChI is InChI=1S/C15H26O/c1-12(9-11-16)7-8-14-13(2)6-5-10-15(14,3)4/h7-8,12,14,16H,2,5-6,9-11H2,1,3-4H3/b8-7+/t12-,14-/m0/s1. The highest BCUT2D eigenvalue weighted by molar-refractivity contribution is 5.17. The van der Waals surface area contributed by atoms with Gasteiger partial charge in [0.25, 0.3) is 0 Å². The number of aliphatic hydroxyl groups excluding tert-OH is 1. The average Bonchev–Trinajstić information content (AvgIpc) is 2.16. The summed E-state index contributed by atoms with van der Waals surface area (Å²) in [5, 5.41) is 8.88. The molecule has 1 heteroatoms. The summed E-state index contributed by atoms with van der Waals surface area (Å²) < 4.78 is 0. The van der Waals surface area contributed by atoms with Gasteiger partial charge >= 0.3 is 0 Å². The fourth-order valence-electron chi connectivity index (χ4n) is 2.63. The molecule has 0 bridgehead atoms. The van der Waals surface area contributed by atoms with Gasteiger partial charge in [-0.15, -0.1) is 0 Å². The third kappa shape index (κ3) is 3.48. The van der Waals surface area contributed by atoms with Crippen molar-refractivity contribution in [2.45, 2.75) is 46.5 Å². The molecule has 0 spiro atoms. The van der Waals surface area contributed by atoms with E-state index in [4.69, 9.17) is 5.11 Å². The smallest absolute Gasteiger partial charge is 0.0436 e. The third-order valence-corrected chi connectivity index (χ3v) is 3.82. The predicted octanol–water partition coefficient (Wildman–Crippen LogP) is 3.94. The third-order valence-electron chi connectivity index (χ3n) is 3.82. The van der Waals surface area contributed by atoms with Gasteiger partial charge in [-0.3, -0.25) is 0 Å². The number of aliphatic hydroxyl groups is 1. The van der Waals surface area contributed by atoms with Crippen LogP contribution in [0, 0.1) is 17.3 Å². The molecule has 0 radical (unpaired) electrons. The molecule has 16 heavy (non-hydrogen) atoms. The zero-order valence-electron chi connectivity index (χ0n) is 11.0. The second-order valence-electron chi connectivity index (χ2n) is 5.85. The van der Waals surface area contributed by atoms with Gasteiger partial charge in [0.15, 0.2) is 0 Å². The van der Waals surface area contributed by atoms with Crippen molar-refractivity contribution in [3.63, 3.8) is 0 Å². The Bertz CT molecular complexity index is 263. The molecule has 1 aliphatic carbocycles. The van der Waals surface area contributed by atoms with Crippen molar-refractivity contribution >= 4 is 0 Å². The molecular formula is C15H26O. The highest BCUT2D eigenvalue weighted by Gasteiger charge is 2.32. The van der Waals surface area contributed by atoms with E-state index in [1.807, 2.05) is 0 Å². The number of rotatable bonds is 4. The first-order valence-electron chi connectivity index (χ1n) is 6.44. The first kappa shape index (κ1) is 13.5. The van der Waals surface area contributed by atoms with Crippen LogP contribution < -0.4 is 0 Å². The second-order valence-corrected chi connectivity index (χ2v) is 5.85. The van der Waals surface area contributed by atoms with Gasteiger partial charge < -0.3 is 5.11 Å². The molecule has 1 rings (SSSR count). The molecule has 1 aliphatic rings. The predicted molar refractivity (Wildman–Crippen MR) is 70.3 cm³/mol. The summed E-state index contributed by atoms with van der Waals surface area (Å²) in [6, 6.07) is 0. The lowest BCUT2D eigenvalue weighted by molar-refractivity contribution is 0.227. The molecule has 0 saturated heterocycles. The molecule has 1 saturated carbocycles. The van der Waals surface area contributed by atoms with Crippen LogP contribution in [0.3, 0.4) is 0 Å². The quantitative estimate of drug-likeness (QED) is 0.714. The Morgan fingerprint density at radius 3 is 2.81 bits per heavy atom. The highest BCUT2D eigenvalue weighted by atomic mass is 16.2. The summed E-state index contributed by atoms with van der Waals surface area (Å²) in [6.07, 6.45) is 9.17. The van der Waals surface area contributed by atoms with Gasteiger partial charge in [0.1, 0.15) is 0 Å². The van der Waals surface area contributed by atoms with E-state index >= 15 is 0 Å². The Morgan fingerprint density at radius 2 is 2.25 bits per heavy atom. The van der Waals surface area contributed by atoms with Crippen LogP contribution in [0.2, 0.25) is 0 Å². The van der Waals surface area contributed by atoms with Crippen molar-refractivity contribution in [2.75, 3.05) is 6.61 Å². The summed E-state index contributed by atoms with van der Waals surface area (Å²) in [5.74, 6) is 0.984. The fourth-order valence-corrected chi connectivity index (χ4v) is 2.63. The number of hydrogen-bond donors (Lipinski definition) is 1. The van der Waals surface area contributed by atoms with Gasteiger partial charge in [-0.25, -0.2) is 0 Å². The van der Waals surface area contributed by atoms with E-state index in [9.17, 15) is 0 Å². The van der Waals surface area contributed by atoms with E-state index in [1.165, 1.54) is 24.8 Å². The Hall–Kier alpha value is -0.560. The molecule has 0 heterocycles. The molecule has 0 aromatic carbocycles. The number of allylic oxidation sites excluding steroid dienone is 3. The summed E-state index contributed by atoms with van der Waals surface area (Å²) in [5.41, 5.74) is 1.73. The van der Waals surface area contributed by atoms with Crippen LogP contribution in [0.1, 0.15) is 46.5 Å². The summed E-state index contributed by atoms with van der Waals surface area (Å²) in [4.78, 5) is 0. The van der Waals surface area contributed by atoms with E-state index in [1.54, 1.807) is 0 Å². The maximum absolute atomic E-state index is 8.88. The van der Waals surface area contributed by atoms with Gasteiger partial charge in [-0.05, 0) is 37.0 Å². The first-order valence-corrected chi connectivity index (χ1v) is 6.44. The Kier molecular flexibility index (Phi) is 4.79. The van der Waals surface area contributed by atoms with E-state index in [2.05, 4.69) is 39.5 Å². The van der Waals surface area contributed by atoms with Crippen LogP contribution in [-0.2, 0) is 0 Å². The molecule has 0 aromatic rings. The Balaban J connectivity index is 2.65. The van der Waals surface area contributed by atoms with Gasteiger partial charge in [0.2, 0.25) is 0 Å². The second kappa shape index (κ2) is 5.67. The zero-order valence-corrected chi connectivity index (χ0v) is 11.0. The Labute approximate surface area is 100 Å². The van der Waals surface area contributed by atoms with Crippen LogP contribution in [0.15, 0.2) is 24.3 Å². The monoisotopic (exact) mass is 222 g/mol. The molecule has 0 unspecified atom stereocenters. The van der Waals surface area contributed by atoms with Gasteiger partial charge in [0.05, 0.1) is 0 Å². The minimum Gasteiger partial charge on any atom is -0.396 e. The molecule has 1 nitrogen and oxygen atoms in total. The molecule has 2 atom stereocenters. The zero-order chi connectivity index (χ0) is 12.2.